The third kappa shape index (κ3) is 3.49. The van der Waals surface area contributed by atoms with E-state index in [2.05, 4.69) is 15.9 Å². The van der Waals surface area contributed by atoms with Crippen molar-refractivity contribution < 1.29 is 13.3 Å². The van der Waals surface area contributed by atoms with Crippen molar-refractivity contribution in [1.82, 2.24) is 0 Å². The minimum Gasteiger partial charge on any atom is -0.266 e. The van der Waals surface area contributed by atoms with Crippen LogP contribution in [0.1, 0.15) is 6.92 Å². The van der Waals surface area contributed by atoms with E-state index in [1.807, 2.05) is 0 Å². The average molecular weight is 420 g/mol. The quantitative estimate of drug-likeness (QED) is 0.536. The van der Waals surface area contributed by atoms with E-state index < -0.39 is 20.6 Å². The molecule has 2 rings (SSSR count). The lowest BCUT2D eigenvalue weighted by atomic mass is 10.3. The standard InChI is InChI=1S/C14H12BrClN2O4S/c1-2-17(10-7-8-11(15)12(16)9-10)23(21,22)14-6-4-3-5-13(14)18(19)20/h3-9H,2H2,1H3. The van der Waals surface area contributed by atoms with E-state index >= 15 is 0 Å². The normalized spacial score (nSPS) is 11.3. The Morgan fingerprint density at radius 1 is 1.26 bits per heavy atom. The molecule has 0 N–H and O–H groups in total. The van der Waals surface area contributed by atoms with Crippen LogP contribution in [0.3, 0.4) is 0 Å². The van der Waals surface area contributed by atoms with E-state index in [1.54, 1.807) is 19.1 Å². The Morgan fingerprint density at radius 2 is 1.91 bits per heavy atom. The minimum atomic E-state index is -4.09. The molecular formula is C14H12BrClN2O4S. The lowest BCUT2D eigenvalue weighted by molar-refractivity contribution is -0.387. The van der Waals surface area contributed by atoms with Gasteiger partial charge in [-0.1, -0.05) is 23.7 Å². The summed E-state index contributed by atoms with van der Waals surface area (Å²) in [5.74, 6) is 0. The first kappa shape index (κ1) is 17.7. The second kappa shape index (κ2) is 6.86. The molecule has 0 aliphatic rings. The van der Waals surface area contributed by atoms with E-state index in [0.29, 0.717) is 15.2 Å². The number of para-hydroxylation sites is 1. The molecule has 2 aromatic carbocycles. The van der Waals surface area contributed by atoms with Crippen LogP contribution in [0, 0.1) is 10.1 Å². The summed E-state index contributed by atoms with van der Waals surface area (Å²) in [5.41, 5.74) is -0.131. The third-order valence-electron chi connectivity index (χ3n) is 3.11. The summed E-state index contributed by atoms with van der Waals surface area (Å²) in [6, 6.07) is 9.93. The first-order valence-electron chi connectivity index (χ1n) is 6.50. The van der Waals surface area contributed by atoms with Crippen LogP contribution in [-0.2, 0) is 10.0 Å². The van der Waals surface area contributed by atoms with Crippen LogP contribution in [-0.4, -0.2) is 19.9 Å². The van der Waals surface area contributed by atoms with Gasteiger partial charge in [-0.2, -0.15) is 0 Å². The zero-order chi connectivity index (χ0) is 17.2. The molecule has 0 heterocycles. The van der Waals surface area contributed by atoms with Crippen LogP contribution in [0.2, 0.25) is 5.02 Å². The highest BCUT2D eigenvalue weighted by molar-refractivity contribution is 9.10. The van der Waals surface area contributed by atoms with Gasteiger partial charge in [0.2, 0.25) is 0 Å². The van der Waals surface area contributed by atoms with Crippen molar-refractivity contribution >= 4 is 48.9 Å². The Labute approximate surface area is 147 Å². The van der Waals surface area contributed by atoms with Gasteiger partial charge in [0.25, 0.3) is 15.7 Å². The number of rotatable bonds is 5. The molecule has 0 atom stereocenters. The predicted molar refractivity (Wildman–Crippen MR) is 92.5 cm³/mol. The number of nitrogens with zero attached hydrogens (tertiary/aromatic N) is 2. The molecule has 9 heteroatoms. The predicted octanol–water partition coefficient (Wildman–Crippen LogP) is 4.23. The van der Waals surface area contributed by atoms with E-state index in [9.17, 15) is 18.5 Å². The van der Waals surface area contributed by atoms with Gasteiger partial charge >= 0.3 is 0 Å². The molecular weight excluding hydrogens is 408 g/mol. The second-order valence-corrected chi connectivity index (χ2v) is 7.59. The van der Waals surface area contributed by atoms with Crippen molar-refractivity contribution in [2.45, 2.75) is 11.8 Å². The first-order chi connectivity index (χ1) is 10.8. The maximum Gasteiger partial charge on any atom is 0.289 e. The van der Waals surface area contributed by atoms with Crippen molar-refractivity contribution in [2.75, 3.05) is 10.8 Å². The Morgan fingerprint density at radius 3 is 2.48 bits per heavy atom. The summed E-state index contributed by atoms with van der Waals surface area (Å²) in [5, 5.41) is 11.5. The van der Waals surface area contributed by atoms with Crippen molar-refractivity contribution in [1.29, 1.82) is 0 Å². The lowest BCUT2D eigenvalue weighted by Gasteiger charge is -2.23. The van der Waals surface area contributed by atoms with Crippen LogP contribution in [0.4, 0.5) is 11.4 Å². The molecule has 0 saturated heterocycles. The Bertz CT molecular complexity index is 858. The Hall–Kier alpha value is -1.64. The monoisotopic (exact) mass is 418 g/mol. The highest BCUT2D eigenvalue weighted by Gasteiger charge is 2.31. The maximum atomic E-state index is 12.9. The zero-order valence-electron chi connectivity index (χ0n) is 11.9. The third-order valence-corrected chi connectivity index (χ3v) is 6.29. The molecule has 0 bridgehead atoms. The van der Waals surface area contributed by atoms with Gasteiger partial charge in [-0.3, -0.25) is 14.4 Å². The molecule has 0 amide bonds. The summed E-state index contributed by atoms with van der Waals surface area (Å²) in [6.07, 6.45) is 0. The number of halogens is 2. The fraction of sp³-hybridized carbons (Fsp3) is 0.143. The molecule has 0 aliphatic heterocycles. The maximum absolute atomic E-state index is 12.9. The Balaban J connectivity index is 2.60. The van der Waals surface area contributed by atoms with Gasteiger partial charge in [0.1, 0.15) is 0 Å². The molecule has 2 aromatic rings. The largest absolute Gasteiger partial charge is 0.289 e. The highest BCUT2D eigenvalue weighted by atomic mass is 79.9. The summed E-state index contributed by atoms with van der Waals surface area (Å²) >= 11 is 9.25. The van der Waals surface area contributed by atoms with E-state index in [4.69, 9.17) is 11.6 Å². The second-order valence-electron chi connectivity index (χ2n) is 4.49. The van der Waals surface area contributed by atoms with Gasteiger partial charge in [-0.25, -0.2) is 8.42 Å². The SMILES string of the molecule is CCN(c1ccc(Br)c(Cl)c1)S(=O)(=O)c1ccccc1[N+](=O)[O-]. The van der Waals surface area contributed by atoms with Crippen LogP contribution in [0.25, 0.3) is 0 Å². The zero-order valence-corrected chi connectivity index (χ0v) is 15.1. The van der Waals surface area contributed by atoms with Crippen molar-refractivity contribution in [3.05, 3.63) is 62.1 Å². The summed E-state index contributed by atoms with van der Waals surface area (Å²) in [4.78, 5) is 10.0. The van der Waals surface area contributed by atoms with Crippen LogP contribution in [0.15, 0.2) is 51.8 Å². The van der Waals surface area contributed by atoms with Gasteiger partial charge in [-0.05, 0) is 47.1 Å². The summed E-state index contributed by atoms with van der Waals surface area (Å²) in [6.45, 7) is 1.74. The molecule has 23 heavy (non-hydrogen) atoms. The molecule has 0 saturated carbocycles. The molecule has 122 valence electrons. The summed E-state index contributed by atoms with van der Waals surface area (Å²) < 4.78 is 27.4. The van der Waals surface area contributed by atoms with E-state index in [1.165, 1.54) is 24.3 Å². The van der Waals surface area contributed by atoms with Gasteiger partial charge < -0.3 is 0 Å². The number of sulfonamides is 1. The van der Waals surface area contributed by atoms with Crippen LogP contribution < -0.4 is 4.31 Å². The molecule has 0 spiro atoms. The molecule has 6 nitrogen and oxygen atoms in total. The van der Waals surface area contributed by atoms with E-state index in [-0.39, 0.29) is 11.4 Å². The smallest absolute Gasteiger partial charge is 0.266 e. The Kier molecular flexibility index (Phi) is 5.28. The van der Waals surface area contributed by atoms with Crippen molar-refractivity contribution in [3.8, 4) is 0 Å². The molecule has 0 aromatic heterocycles. The molecule has 0 radical (unpaired) electrons. The lowest BCUT2D eigenvalue weighted by Crippen LogP contribution is -2.31. The van der Waals surface area contributed by atoms with Gasteiger partial charge in [0.15, 0.2) is 4.90 Å². The topological polar surface area (TPSA) is 80.5 Å². The summed E-state index contributed by atoms with van der Waals surface area (Å²) in [7, 11) is -4.09. The number of benzene rings is 2. The fourth-order valence-corrected chi connectivity index (χ4v) is 4.12. The van der Waals surface area contributed by atoms with E-state index in [0.717, 1.165) is 10.4 Å². The highest BCUT2D eigenvalue weighted by Crippen LogP contribution is 2.33. The van der Waals surface area contributed by atoms with Crippen molar-refractivity contribution in [2.24, 2.45) is 0 Å². The van der Waals surface area contributed by atoms with Gasteiger partial charge in [0, 0.05) is 17.1 Å². The first-order valence-corrected chi connectivity index (χ1v) is 9.11. The molecule has 0 fully saturated rings. The fourth-order valence-electron chi connectivity index (χ4n) is 2.08. The average Bonchev–Trinajstić information content (AvgIpc) is 2.51. The number of hydrogen-bond donors (Lipinski definition) is 0. The molecule has 0 aliphatic carbocycles. The van der Waals surface area contributed by atoms with Crippen LogP contribution >= 0.6 is 27.5 Å². The van der Waals surface area contributed by atoms with Crippen LogP contribution in [0.5, 0.6) is 0 Å². The number of nitro groups is 1. The van der Waals surface area contributed by atoms with Crippen molar-refractivity contribution in [3.63, 3.8) is 0 Å². The number of nitro benzene ring substituents is 1. The molecule has 0 unspecified atom stereocenters. The number of anilines is 1. The van der Waals surface area contributed by atoms with Gasteiger partial charge in [-0.15, -0.1) is 0 Å². The number of hydrogen-bond acceptors (Lipinski definition) is 4. The van der Waals surface area contributed by atoms with Gasteiger partial charge in [0.05, 0.1) is 15.6 Å². The minimum absolute atomic E-state index is 0.104.